The Kier molecular flexibility index (Phi) is 49.8. The van der Waals surface area contributed by atoms with Crippen LogP contribution in [0.3, 0.4) is 0 Å². The fourth-order valence-electron chi connectivity index (χ4n) is 7.73. The number of unbranched alkanes of at least 4 members (excludes halogenated alkanes) is 30. The van der Waals surface area contributed by atoms with Gasteiger partial charge in [0.05, 0.1) is 0 Å². The highest BCUT2D eigenvalue weighted by molar-refractivity contribution is 5.71. The van der Waals surface area contributed by atoms with Gasteiger partial charge in [0.2, 0.25) is 0 Å². The number of hydrogen-bond donors (Lipinski definition) is 0. The van der Waals surface area contributed by atoms with Crippen LogP contribution in [0.15, 0.2) is 48.6 Å². The normalized spacial score (nSPS) is 12.4. The molecule has 0 N–H and O–H groups in total. The second-order valence-electron chi connectivity index (χ2n) is 18.1. The van der Waals surface area contributed by atoms with E-state index >= 15 is 0 Å². The molecule has 0 rings (SSSR count). The van der Waals surface area contributed by atoms with Crippen LogP contribution in [-0.4, -0.2) is 37.2 Å². The monoisotopic (exact) mass is 883 g/mol. The van der Waals surface area contributed by atoms with Crippen molar-refractivity contribution in [3.63, 3.8) is 0 Å². The van der Waals surface area contributed by atoms with Crippen LogP contribution in [0.2, 0.25) is 0 Å². The van der Waals surface area contributed by atoms with E-state index in [9.17, 15) is 14.4 Å². The zero-order valence-corrected chi connectivity index (χ0v) is 41.8. The Hall–Kier alpha value is -2.63. The first-order chi connectivity index (χ1) is 31.0. The van der Waals surface area contributed by atoms with E-state index in [0.717, 1.165) is 44.9 Å². The van der Waals surface area contributed by atoms with E-state index in [1.165, 1.54) is 180 Å². The van der Waals surface area contributed by atoms with E-state index < -0.39 is 6.10 Å². The molecular weight excluding hydrogens is 781 g/mol. The van der Waals surface area contributed by atoms with Crippen molar-refractivity contribution in [1.29, 1.82) is 0 Å². The Morgan fingerprint density at radius 2 is 0.603 bits per heavy atom. The highest BCUT2D eigenvalue weighted by Gasteiger charge is 2.19. The lowest BCUT2D eigenvalue weighted by molar-refractivity contribution is -0.166. The standard InChI is InChI=1S/C57H102O6/c1-4-7-10-13-16-19-22-25-26-27-28-29-30-33-35-38-41-44-47-50-56(59)62-53-54(63-57(60)51-48-45-42-39-36-32-24-21-18-15-12-9-6-3)52-61-55(58)49-46-43-40-37-34-31-23-20-17-14-11-8-5-2/h31-32,34,36,40,42-43,45,54H,4-30,33,35,37-39,41,44,46-53H2,1-3H3/b34-31-,36-32-,43-40-,45-42-. The van der Waals surface area contributed by atoms with Gasteiger partial charge in [-0.2, -0.15) is 0 Å². The molecule has 6 heteroatoms. The molecule has 63 heavy (non-hydrogen) atoms. The van der Waals surface area contributed by atoms with Crippen LogP contribution in [-0.2, 0) is 28.6 Å². The molecule has 0 amide bonds. The largest absolute Gasteiger partial charge is 0.462 e. The second-order valence-corrected chi connectivity index (χ2v) is 18.1. The molecule has 1 unspecified atom stereocenters. The van der Waals surface area contributed by atoms with Gasteiger partial charge in [-0.1, -0.05) is 249 Å². The number of allylic oxidation sites excluding steroid dienone is 8. The summed E-state index contributed by atoms with van der Waals surface area (Å²) in [5.41, 5.74) is 0. The van der Waals surface area contributed by atoms with Gasteiger partial charge in [0.15, 0.2) is 6.10 Å². The molecule has 0 saturated carbocycles. The lowest BCUT2D eigenvalue weighted by Crippen LogP contribution is -2.30. The molecule has 0 saturated heterocycles. The predicted molar refractivity (Wildman–Crippen MR) is 270 cm³/mol. The van der Waals surface area contributed by atoms with Crippen LogP contribution in [0.5, 0.6) is 0 Å². The van der Waals surface area contributed by atoms with Crippen molar-refractivity contribution in [1.82, 2.24) is 0 Å². The molecule has 1 atom stereocenters. The Bertz CT molecular complexity index is 1110. The molecule has 0 aromatic heterocycles. The average molecular weight is 883 g/mol. The van der Waals surface area contributed by atoms with Crippen LogP contribution in [0, 0.1) is 0 Å². The lowest BCUT2D eigenvalue weighted by Gasteiger charge is -2.18. The van der Waals surface area contributed by atoms with Gasteiger partial charge in [0.25, 0.3) is 0 Å². The van der Waals surface area contributed by atoms with Crippen LogP contribution in [0.25, 0.3) is 0 Å². The molecule has 0 spiro atoms. The topological polar surface area (TPSA) is 78.9 Å². The van der Waals surface area contributed by atoms with Gasteiger partial charge in [-0.05, 0) is 57.8 Å². The molecule has 0 aromatic rings. The van der Waals surface area contributed by atoms with Gasteiger partial charge in [0, 0.05) is 19.3 Å². The highest BCUT2D eigenvalue weighted by atomic mass is 16.6. The maximum Gasteiger partial charge on any atom is 0.306 e. The number of carbonyl (C=O) groups excluding carboxylic acids is 3. The van der Waals surface area contributed by atoms with Gasteiger partial charge >= 0.3 is 17.9 Å². The summed E-state index contributed by atoms with van der Waals surface area (Å²) in [5, 5.41) is 0. The minimum atomic E-state index is -0.822. The zero-order chi connectivity index (χ0) is 45.8. The smallest absolute Gasteiger partial charge is 0.306 e. The SMILES string of the molecule is CCCCCCCC/C=C\C/C=C\CCC(=O)OCC(COC(=O)CCCCCCCCCCCCCCCCCCCCC)OC(=O)CC/C=C\C/C=C\CCCCCCCC. The van der Waals surface area contributed by atoms with Crippen molar-refractivity contribution < 1.29 is 28.6 Å². The minimum absolute atomic E-state index is 0.110. The van der Waals surface area contributed by atoms with Gasteiger partial charge in [-0.3, -0.25) is 14.4 Å². The van der Waals surface area contributed by atoms with E-state index in [0.29, 0.717) is 19.3 Å². The molecule has 0 aliphatic heterocycles. The Morgan fingerprint density at radius 3 is 0.968 bits per heavy atom. The lowest BCUT2D eigenvalue weighted by atomic mass is 10.0. The maximum atomic E-state index is 12.7. The Balaban J connectivity index is 4.40. The number of carbonyl (C=O) groups is 3. The molecule has 0 aromatic carbocycles. The van der Waals surface area contributed by atoms with E-state index in [4.69, 9.17) is 14.2 Å². The molecule has 0 aliphatic carbocycles. The van der Waals surface area contributed by atoms with Crippen molar-refractivity contribution >= 4 is 17.9 Å². The molecule has 0 aliphatic rings. The van der Waals surface area contributed by atoms with Gasteiger partial charge in [-0.25, -0.2) is 0 Å². The molecule has 366 valence electrons. The van der Waals surface area contributed by atoms with Crippen molar-refractivity contribution in [2.24, 2.45) is 0 Å². The number of ether oxygens (including phenoxy) is 3. The minimum Gasteiger partial charge on any atom is -0.462 e. The predicted octanol–water partition coefficient (Wildman–Crippen LogP) is 17.9. The first-order valence-electron chi connectivity index (χ1n) is 27.1. The Morgan fingerprint density at radius 1 is 0.317 bits per heavy atom. The summed E-state index contributed by atoms with van der Waals surface area (Å²) in [6, 6.07) is 0. The molecule has 0 radical (unpaired) electrons. The first-order valence-corrected chi connectivity index (χ1v) is 27.1. The van der Waals surface area contributed by atoms with E-state index in [2.05, 4.69) is 57.2 Å². The van der Waals surface area contributed by atoms with Crippen molar-refractivity contribution in [2.75, 3.05) is 13.2 Å². The summed E-state index contributed by atoms with van der Waals surface area (Å²) in [7, 11) is 0. The maximum absolute atomic E-state index is 12.7. The van der Waals surface area contributed by atoms with Gasteiger partial charge < -0.3 is 14.2 Å². The summed E-state index contributed by atoms with van der Waals surface area (Å²) in [4.78, 5) is 37.9. The quantitative estimate of drug-likeness (QED) is 0.0262. The fraction of sp³-hybridized carbons (Fsp3) is 0.807. The summed E-state index contributed by atoms with van der Waals surface area (Å²) in [6.45, 7) is 6.54. The van der Waals surface area contributed by atoms with Crippen LogP contribution >= 0.6 is 0 Å². The van der Waals surface area contributed by atoms with Gasteiger partial charge in [0.1, 0.15) is 13.2 Å². The summed E-state index contributed by atoms with van der Waals surface area (Å²) in [5.74, 6) is -1.04. The van der Waals surface area contributed by atoms with Crippen molar-refractivity contribution in [3.05, 3.63) is 48.6 Å². The highest BCUT2D eigenvalue weighted by Crippen LogP contribution is 2.16. The third kappa shape index (κ3) is 50.2. The third-order valence-electron chi connectivity index (χ3n) is 11.8. The Labute approximate surface area is 390 Å². The fourth-order valence-corrected chi connectivity index (χ4v) is 7.73. The summed E-state index contributed by atoms with van der Waals surface area (Å²) >= 11 is 0. The summed E-state index contributed by atoms with van der Waals surface area (Å²) < 4.78 is 16.7. The number of esters is 3. The second kappa shape index (κ2) is 52.0. The third-order valence-corrected chi connectivity index (χ3v) is 11.8. The zero-order valence-electron chi connectivity index (χ0n) is 41.8. The first kappa shape index (κ1) is 60.4. The number of hydrogen-bond acceptors (Lipinski definition) is 6. The molecule has 0 bridgehead atoms. The van der Waals surface area contributed by atoms with E-state index in [1.807, 2.05) is 12.2 Å². The van der Waals surface area contributed by atoms with Gasteiger partial charge in [-0.15, -0.1) is 0 Å². The summed E-state index contributed by atoms with van der Waals surface area (Å²) in [6.07, 6.45) is 62.7. The number of rotatable bonds is 49. The van der Waals surface area contributed by atoms with Crippen LogP contribution in [0.1, 0.15) is 278 Å². The molecule has 0 fully saturated rings. The van der Waals surface area contributed by atoms with E-state index in [1.54, 1.807) is 0 Å². The average Bonchev–Trinajstić information content (AvgIpc) is 3.28. The molecular formula is C57H102O6. The molecule has 0 heterocycles. The van der Waals surface area contributed by atoms with Crippen LogP contribution < -0.4 is 0 Å². The van der Waals surface area contributed by atoms with Crippen molar-refractivity contribution in [3.8, 4) is 0 Å². The van der Waals surface area contributed by atoms with Crippen molar-refractivity contribution in [2.45, 2.75) is 284 Å². The van der Waals surface area contributed by atoms with E-state index in [-0.39, 0.29) is 44.0 Å². The van der Waals surface area contributed by atoms with Crippen LogP contribution in [0.4, 0.5) is 0 Å². The molecule has 6 nitrogen and oxygen atoms in total.